The Hall–Kier alpha value is -2.96. The third-order valence-corrected chi connectivity index (χ3v) is 4.94. The molecule has 0 radical (unpaired) electrons. The van der Waals surface area contributed by atoms with E-state index in [1.54, 1.807) is 7.05 Å². The van der Waals surface area contributed by atoms with Gasteiger partial charge in [-0.1, -0.05) is 18.2 Å². The van der Waals surface area contributed by atoms with Crippen molar-refractivity contribution in [3.63, 3.8) is 0 Å². The standard InChI is InChI=1S/C21H30N6O/c1-22-21(24-11-14-25-12-5-6-13-25)23-10-9-20(28)27-17-15-26(16-18-27)19-7-3-2-4-8-19/h2-8,12-13H,9-11,14-18H2,1H3,(H2,22,23,24). The SMILES string of the molecule is CN=C(NCCC(=O)N1CCN(c2ccccc2)CC1)NCCn1cccc1. The van der Waals surface area contributed by atoms with Crippen LogP contribution in [0.25, 0.3) is 0 Å². The van der Waals surface area contributed by atoms with E-state index < -0.39 is 0 Å². The number of benzene rings is 1. The van der Waals surface area contributed by atoms with Crippen LogP contribution in [0.15, 0.2) is 59.9 Å². The van der Waals surface area contributed by atoms with Crippen LogP contribution in [0.2, 0.25) is 0 Å². The molecule has 1 amide bonds. The molecule has 7 heteroatoms. The van der Waals surface area contributed by atoms with Crippen LogP contribution in [0.3, 0.4) is 0 Å². The molecule has 0 atom stereocenters. The molecule has 1 aliphatic heterocycles. The summed E-state index contributed by atoms with van der Waals surface area (Å²) in [6.45, 7) is 5.55. The zero-order valence-corrected chi connectivity index (χ0v) is 16.6. The van der Waals surface area contributed by atoms with E-state index in [9.17, 15) is 4.79 Å². The number of rotatable bonds is 7. The molecule has 1 aromatic carbocycles. The van der Waals surface area contributed by atoms with Crippen LogP contribution in [0.5, 0.6) is 0 Å². The Bertz CT molecular complexity index is 736. The van der Waals surface area contributed by atoms with Gasteiger partial charge in [-0.25, -0.2) is 0 Å². The number of para-hydroxylation sites is 1. The van der Waals surface area contributed by atoms with Crippen molar-refractivity contribution >= 4 is 17.6 Å². The molecule has 2 N–H and O–H groups in total. The van der Waals surface area contributed by atoms with Gasteiger partial charge < -0.3 is 25.0 Å². The lowest BCUT2D eigenvalue weighted by Crippen LogP contribution is -2.49. The molecule has 0 bridgehead atoms. The van der Waals surface area contributed by atoms with Gasteiger partial charge in [0.2, 0.25) is 5.91 Å². The van der Waals surface area contributed by atoms with Gasteiger partial charge in [0.15, 0.2) is 5.96 Å². The van der Waals surface area contributed by atoms with E-state index in [-0.39, 0.29) is 5.91 Å². The normalized spacial score (nSPS) is 14.8. The maximum absolute atomic E-state index is 12.5. The van der Waals surface area contributed by atoms with Gasteiger partial charge in [0.1, 0.15) is 0 Å². The summed E-state index contributed by atoms with van der Waals surface area (Å²) < 4.78 is 2.11. The fourth-order valence-corrected chi connectivity index (χ4v) is 3.34. The average Bonchev–Trinajstić information content (AvgIpc) is 3.27. The van der Waals surface area contributed by atoms with E-state index in [0.717, 1.165) is 45.2 Å². The number of hydrogen-bond donors (Lipinski definition) is 2. The molecular formula is C21H30N6O. The Morgan fingerprint density at radius 2 is 1.64 bits per heavy atom. The number of carbonyl (C=O) groups excluding carboxylic acids is 1. The van der Waals surface area contributed by atoms with Crippen molar-refractivity contribution in [2.24, 2.45) is 4.99 Å². The lowest BCUT2D eigenvalue weighted by molar-refractivity contribution is -0.131. The number of amides is 1. The average molecular weight is 383 g/mol. The minimum Gasteiger partial charge on any atom is -0.368 e. The number of piperazine rings is 1. The number of aromatic nitrogens is 1. The summed E-state index contributed by atoms with van der Waals surface area (Å²) in [6, 6.07) is 14.4. The fraction of sp³-hybridized carbons (Fsp3) is 0.429. The van der Waals surface area contributed by atoms with Gasteiger partial charge in [-0.05, 0) is 24.3 Å². The Morgan fingerprint density at radius 3 is 2.32 bits per heavy atom. The maximum Gasteiger partial charge on any atom is 0.224 e. The second-order valence-corrected chi connectivity index (χ2v) is 6.80. The first-order valence-corrected chi connectivity index (χ1v) is 9.89. The van der Waals surface area contributed by atoms with Crippen molar-refractivity contribution in [3.8, 4) is 0 Å². The van der Waals surface area contributed by atoms with E-state index in [0.29, 0.717) is 13.0 Å². The summed E-state index contributed by atoms with van der Waals surface area (Å²) in [5.41, 5.74) is 1.23. The summed E-state index contributed by atoms with van der Waals surface area (Å²) >= 11 is 0. The van der Waals surface area contributed by atoms with E-state index in [2.05, 4.69) is 49.4 Å². The van der Waals surface area contributed by atoms with Gasteiger partial charge in [0.05, 0.1) is 0 Å². The number of anilines is 1. The first kappa shape index (κ1) is 19.8. The third kappa shape index (κ3) is 5.77. The number of carbonyl (C=O) groups is 1. The van der Waals surface area contributed by atoms with Crippen LogP contribution < -0.4 is 15.5 Å². The topological polar surface area (TPSA) is 64.9 Å². The molecule has 3 rings (SSSR count). The van der Waals surface area contributed by atoms with Crippen LogP contribution >= 0.6 is 0 Å². The molecule has 2 heterocycles. The van der Waals surface area contributed by atoms with E-state index >= 15 is 0 Å². The van der Waals surface area contributed by atoms with E-state index in [1.165, 1.54) is 5.69 Å². The van der Waals surface area contributed by atoms with Gasteiger partial charge in [0.25, 0.3) is 0 Å². The van der Waals surface area contributed by atoms with Gasteiger partial charge in [0, 0.05) is 77.4 Å². The molecule has 1 aliphatic rings. The number of aliphatic imine (C=N–C) groups is 1. The number of guanidine groups is 1. The lowest BCUT2D eigenvalue weighted by atomic mass is 10.2. The summed E-state index contributed by atoms with van der Waals surface area (Å²) in [5, 5.41) is 6.50. The predicted molar refractivity (Wildman–Crippen MR) is 114 cm³/mol. The smallest absolute Gasteiger partial charge is 0.224 e. The quantitative estimate of drug-likeness (QED) is 0.561. The highest BCUT2D eigenvalue weighted by atomic mass is 16.2. The van der Waals surface area contributed by atoms with Crippen molar-refractivity contribution in [2.75, 3.05) is 51.2 Å². The lowest BCUT2D eigenvalue weighted by Gasteiger charge is -2.36. The zero-order chi connectivity index (χ0) is 19.6. The Morgan fingerprint density at radius 1 is 0.964 bits per heavy atom. The first-order chi connectivity index (χ1) is 13.8. The highest BCUT2D eigenvalue weighted by molar-refractivity contribution is 5.81. The van der Waals surface area contributed by atoms with Crippen LogP contribution in [0, 0.1) is 0 Å². The predicted octanol–water partition coefficient (Wildman–Crippen LogP) is 1.39. The number of nitrogens with one attached hydrogen (secondary N) is 2. The highest BCUT2D eigenvalue weighted by Crippen LogP contribution is 2.15. The second kappa shape index (κ2) is 10.4. The number of hydrogen-bond acceptors (Lipinski definition) is 3. The Balaban J connectivity index is 1.32. The fourth-order valence-electron chi connectivity index (χ4n) is 3.34. The molecule has 1 saturated heterocycles. The van der Waals surface area contributed by atoms with Crippen molar-refractivity contribution < 1.29 is 4.79 Å². The molecule has 1 aromatic heterocycles. The molecule has 150 valence electrons. The van der Waals surface area contributed by atoms with E-state index in [1.807, 2.05) is 35.5 Å². The minimum absolute atomic E-state index is 0.197. The van der Waals surface area contributed by atoms with Crippen molar-refractivity contribution in [1.29, 1.82) is 0 Å². The summed E-state index contributed by atoms with van der Waals surface area (Å²) in [7, 11) is 1.75. The monoisotopic (exact) mass is 382 g/mol. The van der Waals surface area contributed by atoms with Crippen molar-refractivity contribution in [2.45, 2.75) is 13.0 Å². The molecule has 0 unspecified atom stereocenters. The van der Waals surface area contributed by atoms with Crippen LogP contribution in [-0.4, -0.2) is 67.6 Å². The summed E-state index contributed by atoms with van der Waals surface area (Å²) in [6.07, 6.45) is 4.55. The van der Waals surface area contributed by atoms with Crippen LogP contribution in [-0.2, 0) is 11.3 Å². The molecule has 0 saturated carbocycles. The van der Waals surface area contributed by atoms with E-state index in [4.69, 9.17) is 0 Å². The van der Waals surface area contributed by atoms with Gasteiger partial charge in [-0.3, -0.25) is 9.79 Å². The summed E-state index contributed by atoms with van der Waals surface area (Å²) in [5.74, 6) is 0.928. The molecule has 7 nitrogen and oxygen atoms in total. The summed E-state index contributed by atoms with van der Waals surface area (Å²) in [4.78, 5) is 21.0. The van der Waals surface area contributed by atoms with Gasteiger partial charge in [-0.15, -0.1) is 0 Å². The molecule has 0 aliphatic carbocycles. The molecule has 0 spiro atoms. The first-order valence-electron chi connectivity index (χ1n) is 9.89. The van der Waals surface area contributed by atoms with Crippen molar-refractivity contribution in [3.05, 3.63) is 54.9 Å². The molecule has 2 aromatic rings. The maximum atomic E-state index is 12.5. The number of nitrogens with zero attached hydrogens (tertiary/aromatic N) is 4. The van der Waals surface area contributed by atoms with Crippen LogP contribution in [0.1, 0.15) is 6.42 Å². The van der Waals surface area contributed by atoms with Gasteiger partial charge in [-0.2, -0.15) is 0 Å². The Labute approximate surface area is 167 Å². The molecule has 1 fully saturated rings. The molecular weight excluding hydrogens is 352 g/mol. The van der Waals surface area contributed by atoms with Gasteiger partial charge >= 0.3 is 0 Å². The third-order valence-electron chi connectivity index (χ3n) is 4.94. The van der Waals surface area contributed by atoms with Crippen molar-refractivity contribution in [1.82, 2.24) is 20.1 Å². The van der Waals surface area contributed by atoms with Crippen LogP contribution in [0.4, 0.5) is 5.69 Å². The zero-order valence-electron chi connectivity index (χ0n) is 16.6. The highest BCUT2D eigenvalue weighted by Gasteiger charge is 2.20. The Kier molecular flexibility index (Phi) is 7.35. The second-order valence-electron chi connectivity index (χ2n) is 6.80. The largest absolute Gasteiger partial charge is 0.368 e. The minimum atomic E-state index is 0.197. The molecule has 28 heavy (non-hydrogen) atoms.